The first-order chi connectivity index (χ1) is 9.08. The average Bonchev–Trinajstić information content (AvgIpc) is 2.32. The van der Waals surface area contributed by atoms with Gasteiger partial charge < -0.3 is 5.32 Å². The van der Waals surface area contributed by atoms with Gasteiger partial charge in [-0.2, -0.15) is 0 Å². The van der Waals surface area contributed by atoms with Crippen LogP contribution in [0.4, 0.5) is 5.82 Å². The maximum atomic E-state index is 11.7. The first kappa shape index (κ1) is 13.9. The smallest absolute Gasteiger partial charge is 0.249 e. The van der Waals surface area contributed by atoms with Gasteiger partial charge in [-0.1, -0.05) is 6.92 Å². The minimum absolute atomic E-state index is 0.224. The fraction of sp³-hybridized carbons (Fsp3) is 0.500. The summed E-state index contributed by atoms with van der Waals surface area (Å²) in [5.74, 6) is 0.799. The number of anilines is 1. The number of carbonyl (C=O) groups excluding carboxylic acids is 2. The molecule has 19 heavy (non-hydrogen) atoms. The molecule has 1 aromatic heterocycles. The van der Waals surface area contributed by atoms with Crippen molar-refractivity contribution in [3.05, 3.63) is 16.5 Å². The second-order valence-corrected chi connectivity index (χ2v) is 5.20. The van der Waals surface area contributed by atoms with E-state index in [1.807, 2.05) is 0 Å². The van der Waals surface area contributed by atoms with Gasteiger partial charge in [0.2, 0.25) is 11.8 Å². The van der Waals surface area contributed by atoms with Gasteiger partial charge >= 0.3 is 0 Å². The molecule has 2 N–H and O–H groups in total. The predicted molar refractivity (Wildman–Crippen MR) is 73.5 cm³/mol. The number of nitrogens with zero attached hydrogens (tertiary/aromatic N) is 2. The highest BCUT2D eigenvalue weighted by molar-refractivity contribution is 9.10. The molecule has 102 valence electrons. The van der Waals surface area contributed by atoms with Gasteiger partial charge in [-0.25, -0.2) is 9.97 Å². The van der Waals surface area contributed by atoms with Crippen molar-refractivity contribution in [1.29, 1.82) is 0 Å². The van der Waals surface area contributed by atoms with E-state index in [1.54, 1.807) is 6.07 Å². The summed E-state index contributed by atoms with van der Waals surface area (Å²) >= 11 is 3.33. The normalized spacial score (nSPS) is 19.2. The summed E-state index contributed by atoms with van der Waals surface area (Å²) < 4.78 is 0.681. The zero-order chi connectivity index (χ0) is 13.8. The highest BCUT2D eigenvalue weighted by atomic mass is 79.9. The molecule has 1 aliphatic heterocycles. The van der Waals surface area contributed by atoms with Gasteiger partial charge in [0.05, 0.1) is 0 Å². The van der Waals surface area contributed by atoms with Crippen LogP contribution >= 0.6 is 15.9 Å². The van der Waals surface area contributed by atoms with Gasteiger partial charge in [0, 0.05) is 18.9 Å². The van der Waals surface area contributed by atoms with Crippen LogP contribution in [0.15, 0.2) is 10.7 Å². The van der Waals surface area contributed by atoms with Crippen LogP contribution in [0.2, 0.25) is 0 Å². The van der Waals surface area contributed by atoms with E-state index < -0.39 is 6.04 Å². The zero-order valence-electron chi connectivity index (χ0n) is 10.6. The molecular weight excluding hydrogens is 312 g/mol. The van der Waals surface area contributed by atoms with Crippen molar-refractivity contribution in [2.24, 2.45) is 0 Å². The SMILES string of the molecule is CCCc1nc(Br)cc(NC2CCC(=O)NC2=O)n1. The lowest BCUT2D eigenvalue weighted by atomic mass is 10.1. The van der Waals surface area contributed by atoms with Crippen molar-refractivity contribution in [2.75, 3.05) is 5.32 Å². The lowest BCUT2D eigenvalue weighted by Gasteiger charge is -2.22. The molecule has 1 saturated heterocycles. The molecule has 2 heterocycles. The lowest BCUT2D eigenvalue weighted by Crippen LogP contribution is -2.47. The first-order valence-corrected chi connectivity index (χ1v) is 7.01. The van der Waals surface area contributed by atoms with Crippen LogP contribution in [-0.2, 0) is 16.0 Å². The molecule has 2 rings (SSSR count). The molecule has 1 fully saturated rings. The molecule has 0 bridgehead atoms. The van der Waals surface area contributed by atoms with Gasteiger partial charge in [0.15, 0.2) is 0 Å². The fourth-order valence-corrected chi connectivity index (χ4v) is 2.31. The topological polar surface area (TPSA) is 84.0 Å². The third-order valence-corrected chi connectivity index (χ3v) is 3.18. The summed E-state index contributed by atoms with van der Waals surface area (Å²) in [5.41, 5.74) is 0. The van der Waals surface area contributed by atoms with Crippen LogP contribution in [0.5, 0.6) is 0 Å². The molecule has 1 aliphatic rings. The summed E-state index contributed by atoms with van der Waals surface area (Å²) in [5, 5.41) is 5.35. The molecule has 0 aliphatic carbocycles. The van der Waals surface area contributed by atoms with E-state index in [0.29, 0.717) is 23.3 Å². The Hall–Kier alpha value is -1.50. The van der Waals surface area contributed by atoms with Crippen molar-refractivity contribution in [2.45, 2.75) is 38.6 Å². The number of rotatable bonds is 4. The largest absolute Gasteiger partial charge is 0.358 e. The highest BCUT2D eigenvalue weighted by Gasteiger charge is 2.26. The van der Waals surface area contributed by atoms with E-state index in [1.165, 1.54) is 0 Å². The van der Waals surface area contributed by atoms with Crippen LogP contribution in [0.1, 0.15) is 32.0 Å². The Morgan fingerprint density at radius 1 is 1.47 bits per heavy atom. The van der Waals surface area contributed by atoms with Gasteiger partial charge in [0.1, 0.15) is 22.3 Å². The maximum absolute atomic E-state index is 11.7. The monoisotopic (exact) mass is 326 g/mol. The lowest BCUT2D eigenvalue weighted by molar-refractivity contribution is -0.133. The number of aromatic nitrogens is 2. The Bertz CT molecular complexity index is 507. The fourth-order valence-electron chi connectivity index (χ4n) is 1.88. The molecule has 2 amide bonds. The van der Waals surface area contributed by atoms with Gasteiger partial charge in [-0.3, -0.25) is 14.9 Å². The number of halogens is 1. The Morgan fingerprint density at radius 3 is 2.95 bits per heavy atom. The van der Waals surface area contributed by atoms with Crippen LogP contribution in [0.25, 0.3) is 0 Å². The predicted octanol–water partition coefficient (Wildman–Crippen LogP) is 1.41. The summed E-state index contributed by atoms with van der Waals surface area (Å²) in [4.78, 5) is 31.3. The van der Waals surface area contributed by atoms with Crippen LogP contribution < -0.4 is 10.6 Å². The standard InChI is InChI=1S/C12H15BrN4O2/c1-2-3-9-15-8(13)6-10(16-9)14-7-4-5-11(18)17-12(7)19/h6-7H,2-5H2,1H3,(H,14,15,16)(H,17,18,19). The van der Waals surface area contributed by atoms with E-state index in [-0.39, 0.29) is 11.8 Å². The first-order valence-electron chi connectivity index (χ1n) is 6.22. The van der Waals surface area contributed by atoms with Crippen molar-refractivity contribution in [3.8, 4) is 0 Å². The number of nitrogens with one attached hydrogen (secondary N) is 2. The third-order valence-electron chi connectivity index (χ3n) is 2.78. The van der Waals surface area contributed by atoms with Crippen LogP contribution in [0.3, 0.4) is 0 Å². The van der Waals surface area contributed by atoms with Crippen molar-refractivity contribution in [1.82, 2.24) is 15.3 Å². The van der Waals surface area contributed by atoms with E-state index in [4.69, 9.17) is 0 Å². The molecule has 6 nitrogen and oxygen atoms in total. The molecule has 0 saturated carbocycles. The Balaban J connectivity index is 2.10. The molecular formula is C12H15BrN4O2. The summed E-state index contributed by atoms with van der Waals surface area (Å²) in [6.45, 7) is 2.05. The minimum Gasteiger partial charge on any atom is -0.358 e. The Kier molecular flexibility index (Phi) is 4.47. The number of hydrogen-bond acceptors (Lipinski definition) is 5. The Morgan fingerprint density at radius 2 is 2.26 bits per heavy atom. The zero-order valence-corrected chi connectivity index (χ0v) is 12.2. The molecule has 0 radical (unpaired) electrons. The van der Waals surface area contributed by atoms with Crippen molar-refractivity contribution < 1.29 is 9.59 Å². The van der Waals surface area contributed by atoms with Crippen molar-refractivity contribution >= 4 is 33.6 Å². The quantitative estimate of drug-likeness (QED) is 0.645. The van der Waals surface area contributed by atoms with Gasteiger partial charge in [0.25, 0.3) is 0 Å². The van der Waals surface area contributed by atoms with E-state index in [9.17, 15) is 9.59 Å². The number of amides is 2. The maximum Gasteiger partial charge on any atom is 0.249 e. The average molecular weight is 327 g/mol. The summed E-state index contributed by atoms with van der Waals surface area (Å²) in [7, 11) is 0. The minimum atomic E-state index is -0.422. The van der Waals surface area contributed by atoms with Crippen molar-refractivity contribution in [3.63, 3.8) is 0 Å². The van der Waals surface area contributed by atoms with Gasteiger partial charge in [-0.05, 0) is 28.8 Å². The third kappa shape index (κ3) is 3.73. The molecule has 0 spiro atoms. The van der Waals surface area contributed by atoms with E-state index in [0.717, 1.165) is 18.7 Å². The van der Waals surface area contributed by atoms with E-state index >= 15 is 0 Å². The highest BCUT2D eigenvalue weighted by Crippen LogP contribution is 2.16. The Labute approximate surface area is 119 Å². The molecule has 1 aromatic rings. The number of aryl methyl sites for hydroxylation is 1. The second-order valence-electron chi connectivity index (χ2n) is 4.39. The molecule has 1 atom stereocenters. The van der Waals surface area contributed by atoms with Crippen LogP contribution in [0, 0.1) is 0 Å². The summed E-state index contributed by atoms with van der Waals surface area (Å²) in [6.07, 6.45) is 2.56. The number of imide groups is 1. The molecule has 0 aromatic carbocycles. The van der Waals surface area contributed by atoms with Crippen LogP contribution in [-0.4, -0.2) is 27.8 Å². The van der Waals surface area contributed by atoms with E-state index in [2.05, 4.69) is 43.5 Å². The van der Waals surface area contributed by atoms with Gasteiger partial charge in [-0.15, -0.1) is 0 Å². The molecule has 1 unspecified atom stereocenters. The summed E-state index contributed by atoms with van der Waals surface area (Å²) in [6, 6.07) is 1.30. The number of carbonyl (C=O) groups is 2. The molecule has 7 heteroatoms. The number of piperidine rings is 1. The second kappa shape index (κ2) is 6.10. The number of hydrogen-bond donors (Lipinski definition) is 2.